The Hall–Kier alpha value is -2.68. The number of hydrogen-bond acceptors (Lipinski definition) is 12. The second-order valence-electron chi connectivity index (χ2n) is 11.3. The summed E-state index contributed by atoms with van der Waals surface area (Å²) in [5.41, 5.74) is 0.746. The molecule has 4 fully saturated rings. The zero-order valence-electron chi connectivity index (χ0n) is 23.1. The highest BCUT2D eigenvalue weighted by Gasteiger charge is 2.60. The Kier molecular flexibility index (Phi) is 7.53. The molecule has 4 aliphatic heterocycles. The molecule has 2 aromatic rings. The molecule has 0 amide bonds. The molecule has 5 heterocycles. The smallest absolute Gasteiger partial charge is 0.323 e. The number of ether oxygens (including phenoxy) is 7. The van der Waals surface area contributed by atoms with E-state index in [1.807, 2.05) is 33.8 Å². The highest BCUT2D eigenvalue weighted by molar-refractivity contribution is 5.37. The molecule has 0 bridgehead atoms. The minimum absolute atomic E-state index is 0.0755. The first-order valence-corrected chi connectivity index (χ1v) is 13.7. The Labute approximate surface area is 232 Å². The van der Waals surface area contributed by atoms with Crippen LogP contribution in [-0.2, 0) is 35.0 Å². The van der Waals surface area contributed by atoms with Crippen LogP contribution in [0.15, 0.2) is 24.3 Å². The molecule has 40 heavy (non-hydrogen) atoms. The van der Waals surface area contributed by atoms with Crippen LogP contribution >= 0.6 is 0 Å². The monoisotopic (exact) mass is 561 g/mol. The summed E-state index contributed by atoms with van der Waals surface area (Å²) < 4.78 is 56.1. The van der Waals surface area contributed by atoms with Crippen molar-refractivity contribution in [2.24, 2.45) is 0 Å². The van der Waals surface area contributed by atoms with Gasteiger partial charge in [-0.25, -0.2) is 4.39 Å². The van der Waals surface area contributed by atoms with Gasteiger partial charge in [-0.05, 0) is 58.2 Å². The minimum atomic E-state index is -0.817. The maximum absolute atomic E-state index is 13.7. The lowest BCUT2D eigenvalue weighted by atomic mass is 9.99. The predicted molar refractivity (Wildman–Crippen MR) is 139 cm³/mol. The minimum Gasteiger partial charge on any atom is -0.460 e. The second-order valence-corrected chi connectivity index (χ2v) is 11.3. The van der Waals surface area contributed by atoms with E-state index in [-0.39, 0.29) is 30.5 Å². The number of anilines is 2. The van der Waals surface area contributed by atoms with Gasteiger partial charge in [0.25, 0.3) is 0 Å². The van der Waals surface area contributed by atoms with Crippen LogP contribution in [0, 0.1) is 5.82 Å². The third-order valence-corrected chi connectivity index (χ3v) is 7.09. The van der Waals surface area contributed by atoms with Crippen LogP contribution in [0.4, 0.5) is 16.3 Å². The summed E-state index contributed by atoms with van der Waals surface area (Å²) in [5.74, 6) is -1.33. The molecule has 1 aromatic carbocycles. The van der Waals surface area contributed by atoms with E-state index in [0.717, 1.165) is 25.0 Å². The van der Waals surface area contributed by atoms with Gasteiger partial charge in [0.05, 0.1) is 6.10 Å². The lowest BCUT2D eigenvalue weighted by Gasteiger charge is -2.36. The summed E-state index contributed by atoms with van der Waals surface area (Å²) in [4.78, 5) is 13.4. The molecule has 0 saturated carbocycles. The molecule has 2 N–H and O–H groups in total. The fourth-order valence-electron chi connectivity index (χ4n) is 5.40. The van der Waals surface area contributed by atoms with Gasteiger partial charge in [0, 0.05) is 19.7 Å². The maximum atomic E-state index is 13.7. The molecule has 12 nitrogen and oxygen atoms in total. The number of fused-ring (bicyclic) bond motifs is 3. The first-order chi connectivity index (χ1) is 19.1. The van der Waals surface area contributed by atoms with Crippen molar-refractivity contribution in [2.75, 3.05) is 30.4 Å². The quantitative estimate of drug-likeness (QED) is 0.467. The van der Waals surface area contributed by atoms with E-state index in [4.69, 9.17) is 33.2 Å². The van der Waals surface area contributed by atoms with Crippen molar-refractivity contribution in [3.8, 4) is 6.01 Å². The first kappa shape index (κ1) is 27.5. The summed E-state index contributed by atoms with van der Waals surface area (Å²) in [5, 5.41) is 6.35. The number of hydrogen-bond donors (Lipinski definition) is 2. The van der Waals surface area contributed by atoms with Crippen molar-refractivity contribution in [1.82, 2.24) is 15.0 Å². The third-order valence-electron chi connectivity index (χ3n) is 7.09. The average Bonchev–Trinajstić information content (AvgIpc) is 3.61. The Bertz CT molecular complexity index is 1200. The van der Waals surface area contributed by atoms with Gasteiger partial charge in [0.1, 0.15) is 36.8 Å². The van der Waals surface area contributed by atoms with Crippen molar-refractivity contribution in [3.05, 3.63) is 35.6 Å². The largest absolute Gasteiger partial charge is 0.460 e. The van der Waals surface area contributed by atoms with Crippen LogP contribution in [0.1, 0.15) is 46.1 Å². The van der Waals surface area contributed by atoms with Crippen molar-refractivity contribution in [3.63, 3.8) is 0 Å². The topological polar surface area (TPSA) is 127 Å². The summed E-state index contributed by atoms with van der Waals surface area (Å²) in [6.45, 7) is 9.08. The standard InChI is InChI=1S/C27H36FN5O7/c1-26(2)37-19-18(36-22-21(20(19)38-26)39-27(3,4)40-22)14-35-25-32-23(29-12-15-7-5-8-16(28)11-15)31-24(33-25)30-13-17-9-6-10-34-17/h5,7-8,11,17-22H,6,9-10,12-14H2,1-4H3,(H2,29,30,31,32,33)/t17?,18-,19+,20+,21-,22-/m1/s1. The van der Waals surface area contributed by atoms with Crippen LogP contribution in [0.5, 0.6) is 6.01 Å². The fourth-order valence-corrected chi connectivity index (χ4v) is 5.40. The fraction of sp³-hybridized carbons (Fsp3) is 0.667. The van der Waals surface area contributed by atoms with Gasteiger partial charge in [0.2, 0.25) is 11.9 Å². The van der Waals surface area contributed by atoms with Gasteiger partial charge in [0.15, 0.2) is 17.9 Å². The highest BCUT2D eigenvalue weighted by Crippen LogP contribution is 2.44. The second kappa shape index (κ2) is 11.0. The van der Waals surface area contributed by atoms with E-state index >= 15 is 0 Å². The number of benzene rings is 1. The van der Waals surface area contributed by atoms with E-state index in [0.29, 0.717) is 19.0 Å². The molecule has 4 saturated heterocycles. The predicted octanol–water partition coefficient (Wildman–Crippen LogP) is 2.99. The van der Waals surface area contributed by atoms with E-state index in [2.05, 4.69) is 25.6 Å². The first-order valence-electron chi connectivity index (χ1n) is 13.7. The molecular weight excluding hydrogens is 525 g/mol. The summed E-state index contributed by atoms with van der Waals surface area (Å²) >= 11 is 0. The number of rotatable bonds is 9. The van der Waals surface area contributed by atoms with Crippen molar-refractivity contribution in [2.45, 2.75) is 95.5 Å². The molecule has 218 valence electrons. The van der Waals surface area contributed by atoms with Crippen LogP contribution in [0.2, 0.25) is 0 Å². The van der Waals surface area contributed by atoms with Crippen molar-refractivity contribution < 1.29 is 37.5 Å². The Morgan fingerprint density at radius 3 is 2.48 bits per heavy atom. The summed E-state index contributed by atoms with van der Waals surface area (Å²) in [7, 11) is 0. The molecule has 0 spiro atoms. The number of aromatic nitrogens is 3. The van der Waals surface area contributed by atoms with Gasteiger partial charge in [-0.1, -0.05) is 12.1 Å². The SMILES string of the molecule is CC1(C)O[C@H]2[C@@H](O1)[C@@H](COc1nc(NCc3cccc(F)c3)nc(NCC3CCCO3)n1)O[C@@H]1OC(C)(C)O[C@@H]12. The Balaban J connectivity index is 1.17. The van der Waals surface area contributed by atoms with E-state index in [1.54, 1.807) is 6.07 Å². The number of halogens is 1. The van der Waals surface area contributed by atoms with Crippen LogP contribution in [0.3, 0.4) is 0 Å². The molecule has 1 unspecified atom stereocenters. The molecule has 0 radical (unpaired) electrons. The van der Waals surface area contributed by atoms with Crippen molar-refractivity contribution in [1.29, 1.82) is 0 Å². The Morgan fingerprint density at radius 1 is 0.950 bits per heavy atom. The molecule has 4 aliphatic rings. The van der Waals surface area contributed by atoms with E-state index in [9.17, 15) is 4.39 Å². The zero-order chi connectivity index (χ0) is 27.9. The van der Waals surface area contributed by atoms with E-state index in [1.165, 1.54) is 12.1 Å². The van der Waals surface area contributed by atoms with Crippen LogP contribution < -0.4 is 15.4 Å². The number of nitrogens with one attached hydrogen (secondary N) is 2. The van der Waals surface area contributed by atoms with Gasteiger partial charge in [-0.2, -0.15) is 15.0 Å². The van der Waals surface area contributed by atoms with Gasteiger partial charge >= 0.3 is 6.01 Å². The molecule has 0 aliphatic carbocycles. The maximum Gasteiger partial charge on any atom is 0.323 e. The Morgan fingerprint density at radius 2 is 1.70 bits per heavy atom. The molecule has 6 rings (SSSR count). The lowest BCUT2D eigenvalue weighted by molar-refractivity contribution is -0.238. The van der Waals surface area contributed by atoms with Crippen LogP contribution in [0.25, 0.3) is 0 Å². The zero-order valence-corrected chi connectivity index (χ0v) is 23.1. The summed E-state index contributed by atoms with van der Waals surface area (Å²) in [6.07, 6.45) is -0.349. The molecular formula is C27H36FN5O7. The lowest BCUT2D eigenvalue weighted by Crippen LogP contribution is -2.56. The molecule has 13 heteroatoms. The normalized spacial score (nSPS) is 31.9. The highest BCUT2D eigenvalue weighted by atomic mass is 19.1. The van der Waals surface area contributed by atoms with Gasteiger partial charge < -0.3 is 43.8 Å². The molecule has 6 atom stereocenters. The van der Waals surface area contributed by atoms with Gasteiger partial charge in [-0.15, -0.1) is 0 Å². The van der Waals surface area contributed by atoms with Crippen LogP contribution in [-0.4, -0.2) is 83.1 Å². The van der Waals surface area contributed by atoms with E-state index < -0.39 is 42.3 Å². The number of nitrogens with zero attached hydrogens (tertiary/aromatic N) is 3. The molecule has 1 aromatic heterocycles. The van der Waals surface area contributed by atoms with Gasteiger partial charge in [-0.3, -0.25) is 0 Å². The third kappa shape index (κ3) is 6.29. The van der Waals surface area contributed by atoms with Crippen molar-refractivity contribution >= 4 is 11.9 Å². The average molecular weight is 562 g/mol. The summed E-state index contributed by atoms with van der Waals surface area (Å²) in [6, 6.07) is 6.41.